The monoisotopic (exact) mass is 255 g/mol. The Morgan fingerprint density at radius 2 is 1.89 bits per heavy atom. The lowest BCUT2D eigenvalue weighted by Crippen LogP contribution is -2.34. The molecule has 0 saturated heterocycles. The van der Waals surface area contributed by atoms with Crippen LogP contribution in [0.2, 0.25) is 0 Å². The molecule has 2 nitrogen and oxygen atoms in total. The summed E-state index contributed by atoms with van der Waals surface area (Å²) in [6, 6.07) is 0.336. The highest BCUT2D eigenvalue weighted by atomic mass is 16.5. The average Bonchev–Trinajstić information content (AvgIpc) is 2.27. The first kappa shape index (κ1) is 16.0. The van der Waals surface area contributed by atoms with Crippen molar-refractivity contribution >= 4 is 0 Å². The van der Waals surface area contributed by atoms with Crippen LogP contribution >= 0.6 is 0 Å². The van der Waals surface area contributed by atoms with Crippen LogP contribution in [0.3, 0.4) is 0 Å². The minimum absolute atomic E-state index is 0.336. The molecule has 0 aromatic rings. The van der Waals surface area contributed by atoms with E-state index in [1.54, 1.807) is 0 Å². The Kier molecular flexibility index (Phi) is 7.25. The van der Waals surface area contributed by atoms with E-state index in [1.807, 2.05) is 0 Å². The second kappa shape index (κ2) is 8.16. The molecule has 108 valence electrons. The van der Waals surface area contributed by atoms with Gasteiger partial charge in [0.15, 0.2) is 0 Å². The van der Waals surface area contributed by atoms with E-state index in [1.165, 1.54) is 25.7 Å². The number of rotatable bonds is 7. The second-order valence-corrected chi connectivity index (χ2v) is 6.71. The van der Waals surface area contributed by atoms with Crippen molar-refractivity contribution in [1.29, 1.82) is 0 Å². The highest BCUT2D eigenvalue weighted by Gasteiger charge is 2.31. The molecule has 0 aliphatic heterocycles. The first-order valence-corrected chi connectivity index (χ1v) is 7.88. The van der Waals surface area contributed by atoms with Crippen LogP contribution in [0.5, 0.6) is 0 Å². The maximum Gasteiger partial charge on any atom is 0.0608 e. The van der Waals surface area contributed by atoms with Crippen molar-refractivity contribution in [3.63, 3.8) is 0 Å². The van der Waals surface area contributed by atoms with Crippen LogP contribution < -0.4 is 5.73 Å². The Morgan fingerprint density at radius 1 is 1.17 bits per heavy atom. The van der Waals surface area contributed by atoms with Crippen molar-refractivity contribution < 1.29 is 4.74 Å². The van der Waals surface area contributed by atoms with Crippen molar-refractivity contribution in [2.75, 3.05) is 6.61 Å². The quantitative estimate of drug-likeness (QED) is 0.698. The Hall–Kier alpha value is -0.0800. The van der Waals surface area contributed by atoms with E-state index in [4.69, 9.17) is 10.5 Å². The van der Waals surface area contributed by atoms with Crippen LogP contribution in [-0.2, 0) is 4.74 Å². The molecule has 1 fully saturated rings. The fraction of sp³-hybridized carbons (Fsp3) is 1.00. The van der Waals surface area contributed by atoms with Gasteiger partial charge in [0.05, 0.1) is 6.10 Å². The van der Waals surface area contributed by atoms with Gasteiger partial charge in [0.2, 0.25) is 0 Å². The second-order valence-electron chi connectivity index (χ2n) is 6.71. The molecular formula is C16H33NO. The summed E-state index contributed by atoms with van der Waals surface area (Å²) >= 11 is 0. The highest BCUT2D eigenvalue weighted by molar-refractivity contribution is 4.81. The maximum absolute atomic E-state index is 6.17. The predicted octanol–water partition coefficient (Wildman–Crippen LogP) is 3.98. The standard InChI is InChI=1S/C16H33NO/c1-12(2)15-9-8-13(3)11-16(15)18-10-6-5-7-14(4)17/h12-16H,5-11,17H2,1-4H3. The molecule has 1 saturated carbocycles. The molecule has 1 rings (SSSR count). The van der Waals surface area contributed by atoms with Gasteiger partial charge in [-0.05, 0) is 56.8 Å². The lowest BCUT2D eigenvalue weighted by atomic mass is 9.75. The number of hydrogen-bond acceptors (Lipinski definition) is 2. The van der Waals surface area contributed by atoms with Crippen molar-refractivity contribution in [3.8, 4) is 0 Å². The zero-order chi connectivity index (χ0) is 13.5. The number of ether oxygens (including phenoxy) is 1. The summed E-state index contributed by atoms with van der Waals surface area (Å²) in [4.78, 5) is 0. The molecule has 1 aliphatic carbocycles. The van der Waals surface area contributed by atoms with Gasteiger partial charge >= 0.3 is 0 Å². The predicted molar refractivity (Wildman–Crippen MR) is 78.6 cm³/mol. The number of nitrogens with two attached hydrogens (primary N) is 1. The molecule has 0 aromatic heterocycles. The summed E-state index contributed by atoms with van der Waals surface area (Å²) in [5.41, 5.74) is 5.76. The van der Waals surface area contributed by atoms with Crippen molar-refractivity contribution in [2.45, 2.75) is 78.4 Å². The summed E-state index contributed by atoms with van der Waals surface area (Å²) < 4.78 is 6.17. The first-order chi connectivity index (χ1) is 8.50. The molecule has 4 atom stereocenters. The molecule has 18 heavy (non-hydrogen) atoms. The minimum Gasteiger partial charge on any atom is -0.378 e. The zero-order valence-electron chi connectivity index (χ0n) is 12.8. The van der Waals surface area contributed by atoms with Gasteiger partial charge in [0.1, 0.15) is 0 Å². The Bertz CT molecular complexity index is 215. The van der Waals surface area contributed by atoms with E-state index in [-0.39, 0.29) is 0 Å². The van der Waals surface area contributed by atoms with Crippen LogP contribution in [0.1, 0.15) is 66.2 Å². The van der Waals surface area contributed by atoms with Crippen molar-refractivity contribution in [1.82, 2.24) is 0 Å². The van der Waals surface area contributed by atoms with Gasteiger partial charge < -0.3 is 10.5 Å². The van der Waals surface area contributed by atoms with Gasteiger partial charge in [-0.2, -0.15) is 0 Å². The molecule has 2 heteroatoms. The normalized spacial score (nSPS) is 30.7. The fourth-order valence-electron chi connectivity index (χ4n) is 3.11. The summed E-state index contributed by atoms with van der Waals surface area (Å²) in [6.07, 6.45) is 7.98. The van der Waals surface area contributed by atoms with E-state index in [0.717, 1.165) is 37.2 Å². The lowest BCUT2D eigenvalue weighted by molar-refractivity contribution is -0.0394. The Morgan fingerprint density at radius 3 is 2.50 bits per heavy atom. The van der Waals surface area contributed by atoms with Crippen molar-refractivity contribution in [2.24, 2.45) is 23.5 Å². The Balaban J connectivity index is 2.24. The molecule has 0 spiro atoms. The van der Waals surface area contributed by atoms with Gasteiger partial charge in [-0.3, -0.25) is 0 Å². The third-order valence-electron chi connectivity index (χ3n) is 4.35. The van der Waals surface area contributed by atoms with Gasteiger partial charge in [-0.25, -0.2) is 0 Å². The molecule has 0 bridgehead atoms. The number of hydrogen-bond donors (Lipinski definition) is 1. The molecule has 4 unspecified atom stereocenters. The van der Waals surface area contributed by atoms with Crippen LogP contribution in [0, 0.1) is 17.8 Å². The maximum atomic E-state index is 6.17. The van der Waals surface area contributed by atoms with Gasteiger partial charge in [-0.15, -0.1) is 0 Å². The SMILES string of the molecule is CC(N)CCCCOC1CC(C)CCC1C(C)C. The van der Waals surface area contributed by atoms with E-state index in [2.05, 4.69) is 27.7 Å². The van der Waals surface area contributed by atoms with Gasteiger partial charge in [0, 0.05) is 12.6 Å². The fourth-order valence-corrected chi connectivity index (χ4v) is 3.11. The summed E-state index contributed by atoms with van der Waals surface area (Å²) in [5.74, 6) is 2.37. The summed E-state index contributed by atoms with van der Waals surface area (Å²) in [7, 11) is 0. The number of unbranched alkanes of at least 4 members (excludes halogenated alkanes) is 1. The summed E-state index contributed by atoms with van der Waals surface area (Å²) in [6.45, 7) is 10.1. The lowest BCUT2D eigenvalue weighted by Gasteiger charge is -2.37. The molecular weight excluding hydrogens is 222 g/mol. The minimum atomic E-state index is 0.336. The molecule has 0 aromatic carbocycles. The highest BCUT2D eigenvalue weighted by Crippen LogP contribution is 2.35. The van der Waals surface area contributed by atoms with Gasteiger partial charge in [-0.1, -0.05) is 27.2 Å². The van der Waals surface area contributed by atoms with Crippen LogP contribution in [-0.4, -0.2) is 18.8 Å². The van der Waals surface area contributed by atoms with Crippen LogP contribution in [0.4, 0.5) is 0 Å². The smallest absolute Gasteiger partial charge is 0.0608 e. The third kappa shape index (κ3) is 5.71. The largest absolute Gasteiger partial charge is 0.378 e. The first-order valence-electron chi connectivity index (χ1n) is 7.88. The van der Waals surface area contributed by atoms with Crippen LogP contribution in [0.25, 0.3) is 0 Å². The average molecular weight is 255 g/mol. The molecule has 2 N–H and O–H groups in total. The molecule has 0 radical (unpaired) electrons. The zero-order valence-corrected chi connectivity index (χ0v) is 12.8. The summed E-state index contributed by atoms with van der Waals surface area (Å²) in [5, 5.41) is 0. The molecule has 1 aliphatic rings. The Labute approximate surface area is 114 Å². The third-order valence-corrected chi connectivity index (χ3v) is 4.35. The molecule has 0 amide bonds. The van der Waals surface area contributed by atoms with E-state index >= 15 is 0 Å². The van der Waals surface area contributed by atoms with E-state index in [0.29, 0.717) is 12.1 Å². The van der Waals surface area contributed by atoms with E-state index < -0.39 is 0 Å². The van der Waals surface area contributed by atoms with Crippen LogP contribution in [0.15, 0.2) is 0 Å². The molecule has 0 heterocycles. The van der Waals surface area contributed by atoms with Gasteiger partial charge in [0.25, 0.3) is 0 Å². The van der Waals surface area contributed by atoms with E-state index in [9.17, 15) is 0 Å². The van der Waals surface area contributed by atoms with Crippen molar-refractivity contribution in [3.05, 3.63) is 0 Å². The topological polar surface area (TPSA) is 35.2 Å².